The molecule has 82 valence electrons. The molecule has 3 N–H and O–H groups in total. The molecule has 6 heteroatoms. The van der Waals surface area contributed by atoms with Gasteiger partial charge in [0, 0.05) is 0 Å². The van der Waals surface area contributed by atoms with Crippen molar-refractivity contribution in [3.05, 3.63) is 30.3 Å². The van der Waals surface area contributed by atoms with Crippen LogP contribution in [0.5, 0.6) is 5.88 Å². The number of anilines is 1. The molecule has 1 heterocycles. The summed E-state index contributed by atoms with van der Waals surface area (Å²) < 4.78 is 4.56. The monoisotopic (exact) mass is 236 g/mol. The van der Waals surface area contributed by atoms with E-state index in [1.54, 1.807) is 0 Å². The normalized spacial score (nSPS) is 10.0. The van der Waals surface area contributed by atoms with Crippen LogP contribution in [0.25, 0.3) is 10.4 Å². The summed E-state index contributed by atoms with van der Waals surface area (Å²) in [4.78, 5) is 14.9. The molecule has 0 amide bonds. The molecule has 5 nitrogen and oxygen atoms in total. The van der Waals surface area contributed by atoms with Gasteiger partial charge in [0.05, 0.1) is 0 Å². The van der Waals surface area contributed by atoms with Gasteiger partial charge >= 0.3 is 6.16 Å². The summed E-state index contributed by atoms with van der Waals surface area (Å²) in [5.41, 5.74) is 6.35. The first-order valence-electron chi connectivity index (χ1n) is 4.39. The molecule has 0 aliphatic heterocycles. The summed E-state index contributed by atoms with van der Waals surface area (Å²) in [7, 11) is 0. The molecule has 0 saturated heterocycles. The zero-order chi connectivity index (χ0) is 11.5. The van der Waals surface area contributed by atoms with E-state index in [4.69, 9.17) is 10.8 Å². The fraction of sp³-hybridized carbons (Fsp3) is 0. The number of hydrogen-bond donors (Lipinski definition) is 2. The van der Waals surface area contributed by atoms with Gasteiger partial charge < -0.3 is 15.6 Å². The lowest BCUT2D eigenvalue weighted by Gasteiger charge is -1.99. The number of hydrogen-bond acceptors (Lipinski definition) is 5. The Labute approximate surface area is 95.1 Å². The van der Waals surface area contributed by atoms with Crippen molar-refractivity contribution >= 4 is 22.6 Å². The van der Waals surface area contributed by atoms with Crippen LogP contribution in [0.2, 0.25) is 0 Å². The predicted molar refractivity (Wildman–Crippen MR) is 60.6 cm³/mol. The van der Waals surface area contributed by atoms with Gasteiger partial charge in [-0.2, -0.15) is 4.98 Å². The highest BCUT2D eigenvalue weighted by Crippen LogP contribution is 2.36. The van der Waals surface area contributed by atoms with Gasteiger partial charge in [-0.3, -0.25) is 0 Å². The molecule has 0 radical (unpaired) electrons. The largest absolute Gasteiger partial charge is 0.512 e. The number of rotatable bonds is 2. The fourth-order valence-electron chi connectivity index (χ4n) is 1.25. The first kappa shape index (κ1) is 10.4. The number of ether oxygens (including phenoxy) is 1. The van der Waals surface area contributed by atoms with E-state index in [0.29, 0.717) is 4.88 Å². The van der Waals surface area contributed by atoms with Gasteiger partial charge in [0.25, 0.3) is 0 Å². The van der Waals surface area contributed by atoms with Crippen LogP contribution < -0.4 is 10.5 Å². The van der Waals surface area contributed by atoms with E-state index >= 15 is 0 Å². The van der Waals surface area contributed by atoms with Crippen LogP contribution in [0.4, 0.5) is 9.93 Å². The highest BCUT2D eigenvalue weighted by atomic mass is 32.1. The van der Waals surface area contributed by atoms with E-state index in [-0.39, 0.29) is 11.0 Å². The maximum Gasteiger partial charge on any atom is 0.512 e. The van der Waals surface area contributed by atoms with Crippen molar-refractivity contribution in [3.8, 4) is 16.3 Å². The van der Waals surface area contributed by atoms with E-state index in [1.165, 1.54) is 11.3 Å². The molecule has 0 aliphatic carbocycles. The zero-order valence-corrected chi connectivity index (χ0v) is 8.90. The standard InChI is InChI=1S/C10H8N2O3S/c11-9-12-8(15-10(13)14)7(16-9)6-4-2-1-3-5-6/h1-5H,(H2,11,12)(H,13,14). The molecule has 1 aromatic heterocycles. The first-order chi connectivity index (χ1) is 7.66. The van der Waals surface area contributed by atoms with Gasteiger partial charge in [-0.05, 0) is 5.56 Å². The van der Waals surface area contributed by atoms with Gasteiger partial charge in [0.1, 0.15) is 4.88 Å². The minimum atomic E-state index is -1.40. The average Bonchev–Trinajstić information content (AvgIpc) is 2.60. The van der Waals surface area contributed by atoms with Crippen molar-refractivity contribution in [1.82, 2.24) is 4.98 Å². The topological polar surface area (TPSA) is 85.4 Å². The maximum atomic E-state index is 10.5. The number of nitrogens with zero attached hydrogens (tertiary/aromatic N) is 1. The Hall–Kier alpha value is -2.08. The third-order valence-corrected chi connectivity index (χ3v) is 2.75. The van der Waals surface area contributed by atoms with Crippen molar-refractivity contribution in [1.29, 1.82) is 0 Å². The summed E-state index contributed by atoms with van der Waals surface area (Å²) >= 11 is 1.19. The number of thiazole rings is 1. The molecule has 0 fully saturated rings. The number of benzene rings is 1. The molecule has 0 aliphatic rings. The van der Waals surface area contributed by atoms with Gasteiger partial charge in [-0.1, -0.05) is 41.7 Å². The van der Waals surface area contributed by atoms with Crippen LogP contribution in [-0.4, -0.2) is 16.2 Å². The van der Waals surface area contributed by atoms with Gasteiger partial charge in [0.15, 0.2) is 5.13 Å². The second-order valence-electron chi connectivity index (χ2n) is 2.92. The second kappa shape index (κ2) is 4.19. The lowest BCUT2D eigenvalue weighted by atomic mass is 10.2. The number of carboxylic acid groups (broad SMARTS) is 1. The third-order valence-electron chi connectivity index (χ3n) is 1.83. The molecule has 2 aromatic rings. The van der Waals surface area contributed by atoms with Crippen LogP contribution in [0.1, 0.15) is 0 Å². The van der Waals surface area contributed by atoms with Crippen LogP contribution in [0, 0.1) is 0 Å². The summed E-state index contributed by atoms with van der Waals surface area (Å²) in [6, 6.07) is 9.22. The molecule has 16 heavy (non-hydrogen) atoms. The van der Waals surface area contributed by atoms with Crippen molar-refractivity contribution in [3.63, 3.8) is 0 Å². The highest BCUT2D eigenvalue weighted by Gasteiger charge is 2.15. The Bertz CT molecular complexity index is 510. The number of aromatic nitrogens is 1. The summed E-state index contributed by atoms with van der Waals surface area (Å²) in [6.45, 7) is 0. The molecule has 0 bridgehead atoms. The summed E-state index contributed by atoms with van der Waals surface area (Å²) in [6.07, 6.45) is -1.40. The molecule has 0 unspecified atom stereocenters. The fourth-order valence-corrected chi connectivity index (χ4v) is 2.01. The summed E-state index contributed by atoms with van der Waals surface area (Å²) in [5.74, 6) is 0.0289. The minimum absolute atomic E-state index is 0.0289. The Balaban J connectivity index is 2.44. The van der Waals surface area contributed by atoms with Gasteiger partial charge in [-0.15, -0.1) is 0 Å². The van der Waals surface area contributed by atoms with Gasteiger partial charge in [-0.25, -0.2) is 4.79 Å². The average molecular weight is 236 g/mol. The van der Waals surface area contributed by atoms with Crippen LogP contribution in [0.15, 0.2) is 30.3 Å². The summed E-state index contributed by atoms with van der Waals surface area (Å²) in [5, 5.41) is 8.82. The van der Waals surface area contributed by atoms with E-state index in [9.17, 15) is 4.79 Å². The molecule has 0 spiro atoms. The van der Waals surface area contributed by atoms with Crippen molar-refractivity contribution < 1.29 is 14.6 Å². The minimum Gasteiger partial charge on any atom is -0.449 e. The van der Waals surface area contributed by atoms with Crippen LogP contribution in [-0.2, 0) is 0 Å². The van der Waals surface area contributed by atoms with Crippen molar-refractivity contribution in [2.75, 3.05) is 5.73 Å². The van der Waals surface area contributed by atoms with Crippen molar-refractivity contribution in [2.45, 2.75) is 0 Å². The first-order valence-corrected chi connectivity index (χ1v) is 5.21. The van der Waals surface area contributed by atoms with E-state index < -0.39 is 6.16 Å². The van der Waals surface area contributed by atoms with Crippen LogP contribution >= 0.6 is 11.3 Å². The zero-order valence-electron chi connectivity index (χ0n) is 8.08. The Morgan fingerprint density at radius 3 is 2.69 bits per heavy atom. The highest BCUT2D eigenvalue weighted by molar-refractivity contribution is 7.19. The maximum absolute atomic E-state index is 10.5. The molecular formula is C10H8N2O3S. The Morgan fingerprint density at radius 2 is 2.06 bits per heavy atom. The Kier molecular flexibility index (Phi) is 2.74. The second-order valence-corrected chi connectivity index (χ2v) is 3.95. The van der Waals surface area contributed by atoms with E-state index in [0.717, 1.165) is 5.56 Å². The molecule has 2 rings (SSSR count). The number of carbonyl (C=O) groups is 1. The quantitative estimate of drug-likeness (QED) is 0.782. The third kappa shape index (κ3) is 2.12. The van der Waals surface area contributed by atoms with E-state index in [1.807, 2.05) is 30.3 Å². The van der Waals surface area contributed by atoms with Gasteiger partial charge in [0.2, 0.25) is 5.88 Å². The Morgan fingerprint density at radius 1 is 1.38 bits per heavy atom. The SMILES string of the molecule is Nc1nc(OC(=O)O)c(-c2ccccc2)s1. The lowest BCUT2D eigenvalue weighted by molar-refractivity contribution is 0.143. The molecular weight excluding hydrogens is 228 g/mol. The molecule has 0 saturated carbocycles. The molecule has 0 atom stereocenters. The van der Waals surface area contributed by atoms with Crippen LogP contribution in [0.3, 0.4) is 0 Å². The number of nitrogens with two attached hydrogens (primary N) is 1. The smallest absolute Gasteiger partial charge is 0.449 e. The van der Waals surface area contributed by atoms with Crippen molar-refractivity contribution in [2.24, 2.45) is 0 Å². The lowest BCUT2D eigenvalue weighted by Crippen LogP contribution is -2.04. The van der Waals surface area contributed by atoms with E-state index in [2.05, 4.69) is 9.72 Å². The molecule has 1 aromatic carbocycles. The predicted octanol–water partition coefficient (Wildman–Crippen LogP) is 2.45. The number of nitrogen functional groups attached to an aromatic ring is 1.